The quantitative estimate of drug-likeness (QED) is 0.758. The molecule has 0 saturated carbocycles. The van der Waals surface area contributed by atoms with E-state index in [2.05, 4.69) is 9.97 Å². The van der Waals surface area contributed by atoms with Crippen LogP contribution in [0.4, 0.5) is 0 Å². The second-order valence-corrected chi connectivity index (χ2v) is 5.12. The topological polar surface area (TPSA) is 25.8 Å². The van der Waals surface area contributed by atoms with Gasteiger partial charge >= 0.3 is 0 Å². The SMILES string of the molecule is Cc1cccc(SSc2ccccn2)n1. The second-order valence-electron chi connectivity index (χ2n) is 2.95. The molecule has 0 amide bonds. The Hall–Kier alpha value is -1.00. The molecule has 0 N–H and O–H groups in total. The maximum atomic E-state index is 4.40. The third kappa shape index (κ3) is 3.25. The molecular weight excluding hydrogens is 224 g/mol. The first-order valence-corrected chi connectivity index (χ1v) is 6.69. The van der Waals surface area contributed by atoms with Crippen LogP contribution in [0.5, 0.6) is 0 Å². The molecule has 4 heteroatoms. The number of aryl methyl sites for hydroxylation is 1. The van der Waals surface area contributed by atoms with E-state index in [0.29, 0.717) is 0 Å². The molecule has 0 aliphatic rings. The Kier molecular flexibility index (Phi) is 3.64. The van der Waals surface area contributed by atoms with Crippen molar-refractivity contribution >= 4 is 21.6 Å². The van der Waals surface area contributed by atoms with E-state index in [1.165, 1.54) is 0 Å². The van der Waals surface area contributed by atoms with Crippen molar-refractivity contribution in [3.63, 3.8) is 0 Å². The van der Waals surface area contributed by atoms with E-state index in [4.69, 9.17) is 0 Å². The minimum atomic E-state index is 1.01. The van der Waals surface area contributed by atoms with Crippen LogP contribution in [0.25, 0.3) is 0 Å². The van der Waals surface area contributed by atoms with Crippen LogP contribution >= 0.6 is 21.6 Å². The highest BCUT2D eigenvalue weighted by atomic mass is 33.1. The Morgan fingerprint density at radius 3 is 2.47 bits per heavy atom. The van der Waals surface area contributed by atoms with Gasteiger partial charge < -0.3 is 0 Å². The first kappa shape index (κ1) is 10.5. The molecule has 2 aromatic rings. The van der Waals surface area contributed by atoms with E-state index in [-0.39, 0.29) is 0 Å². The van der Waals surface area contributed by atoms with Gasteiger partial charge in [0.05, 0.1) is 0 Å². The highest BCUT2D eigenvalue weighted by Gasteiger charge is 1.98. The Labute approximate surface area is 96.9 Å². The van der Waals surface area contributed by atoms with Gasteiger partial charge in [-0.3, -0.25) is 0 Å². The second kappa shape index (κ2) is 5.19. The van der Waals surface area contributed by atoms with Gasteiger partial charge in [-0.25, -0.2) is 9.97 Å². The van der Waals surface area contributed by atoms with Gasteiger partial charge in [0.2, 0.25) is 0 Å². The van der Waals surface area contributed by atoms with Crippen molar-refractivity contribution in [3.8, 4) is 0 Å². The van der Waals surface area contributed by atoms with Gasteiger partial charge in [-0.15, -0.1) is 0 Å². The van der Waals surface area contributed by atoms with Gasteiger partial charge in [-0.1, -0.05) is 12.1 Å². The first-order valence-electron chi connectivity index (χ1n) is 4.54. The summed E-state index contributed by atoms with van der Waals surface area (Å²) in [5.41, 5.74) is 1.04. The lowest BCUT2D eigenvalue weighted by atomic mass is 10.4. The van der Waals surface area contributed by atoms with Crippen LogP contribution in [0.2, 0.25) is 0 Å². The van der Waals surface area contributed by atoms with Gasteiger partial charge in [-0.05, 0) is 52.8 Å². The van der Waals surface area contributed by atoms with Gasteiger partial charge in [0, 0.05) is 11.9 Å². The maximum Gasteiger partial charge on any atom is 0.107 e. The van der Waals surface area contributed by atoms with E-state index >= 15 is 0 Å². The zero-order valence-corrected chi connectivity index (χ0v) is 9.89. The van der Waals surface area contributed by atoms with E-state index in [9.17, 15) is 0 Å². The molecule has 0 atom stereocenters. The zero-order valence-electron chi connectivity index (χ0n) is 8.25. The molecule has 2 rings (SSSR count). The number of hydrogen-bond donors (Lipinski definition) is 0. The third-order valence-corrected chi connectivity index (χ3v) is 3.88. The maximum absolute atomic E-state index is 4.40. The van der Waals surface area contributed by atoms with Crippen molar-refractivity contribution in [3.05, 3.63) is 48.3 Å². The number of rotatable bonds is 3. The largest absolute Gasteiger partial charge is 0.249 e. The summed E-state index contributed by atoms with van der Waals surface area (Å²) in [4.78, 5) is 8.63. The lowest BCUT2D eigenvalue weighted by molar-refractivity contribution is 1.07. The molecular formula is C11H10N2S2. The normalized spacial score (nSPS) is 10.2. The molecule has 0 aliphatic carbocycles. The summed E-state index contributed by atoms with van der Waals surface area (Å²) in [7, 11) is 3.26. The van der Waals surface area contributed by atoms with Crippen LogP contribution in [0.1, 0.15) is 5.69 Å². The van der Waals surface area contributed by atoms with Gasteiger partial charge in [0.15, 0.2) is 0 Å². The first-order chi connectivity index (χ1) is 7.34. The van der Waals surface area contributed by atoms with Crippen LogP contribution < -0.4 is 0 Å². The van der Waals surface area contributed by atoms with Crippen LogP contribution in [-0.4, -0.2) is 9.97 Å². The Balaban J connectivity index is 1.99. The summed E-state index contributed by atoms with van der Waals surface area (Å²) >= 11 is 0. The van der Waals surface area contributed by atoms with Crippen molar-refractivity contribution < 1.29 is 0 Å². The van der Waals surface area contributed by atoms with Gasteiger partial charge in [0.1, 0.15) is 10.1 Å². The minimum absolute atomic E-state index is 1.01. The molecule has 2 nitrogen and oxygen atoms in total. The van der Waals surface area contributed by atoms with Crippen LogP contribution in [0.15, 0.2) is 52.6 Å². The molecule has 0 bridgehead atoms. The highest BCUT2D eigenvalue weighted by molar-refractivity contribution is 8.76. The Morgan fingerprint density at radius 1 is 0.933 bits per heavy atom. The number of pyridine rings is 2. The molecule has 2 aromatic heterocycles. The van der Waals surface area contributed by atoms with Crippen molar-refractivity contribution in [2.24, 2.45) is 0 Å². The molecule has 0 aromatic carbocycles. The average molecular weight is 234 g/mol. The van der Waals surface area contributed by atoms with Crippen LogP contribution in [0.3, 0.4) is 0 Å². The lowest BCUT2D eigenvalue weighted by Gasteiger charge is -1.99. The third-order valence-electron chi connectivity index (χ3n) is 1.71. The Bertz CT molecular complexity index is 432. The fraction of sp³-hybridized carbons (Fsp3) is 0.0909. The molecule has 2 heterocycles. The fourth-order valence-corrected chi connectivity index (χ4v) is 2.86. The monoisotopic (exact) mass is 234 g/mol. The molecule has 0 aliphatic heterocycles. The smallest absolute Gasteiger partial charge is 0.107 e. The predicted molar refractivity (Wildman–Crippen MR) is 64.9 cm³/mol. The summed E-state index contributed by atoms with van der Waals surface area (Å²) in [5, 5.41) is 2.02. The lowest BCUT2D eigenvalue weighted by Crippen LogP contribution is -1.81. The summed E-state index contributed by atoms with van der Waals surface area (Å²) in [5.74, 6) is 0. The Morgan fingerprint density at radius 2 is 1.73 bits per heavy atom. The average Bonchev–Trinajstić information content (AvgIpc) is 2.28. The van der Waals surface area contributed by atoms with E-state index in [1.54, 1.807) is 27.8 Å². The number of aromatic nitrogens is 2. The zero-order chi connectivity index (χ0) is 10.5. The van der Waals surface area contributed by atoms with Gasteiger partial charge in [0.25, 0.3) is 0 Å². The summed E-state index contributed by atoms with van der Waals surface area (Å²) in [6.07, 6.45) is 1.80. The summed E-state index contributed by atoms with van der Waals surface area (Å²) < 4.78 is 0. The fourth-order valence-electron chi connectivity index (χ4n) is 1.05. The molecule has 0 unspecified atom stereocenters. The molecule has 76 valence electrons. The number of nitrogens with zero attached hydrogens (tertiary/aromatic N) is 2. The van der Waals surface area contributed by atoms with Crippen molar-refractivity contribution in [2.75, 3.05) is 0 Å². The van der Waals surface area contributed by atoms with E-state index in [0.717, 1.165) is 15.7 Å². The van der Waals surface area contributed by atoms with Crippen molar-refractivity contribution in [1.82, 2.24) is 9.97 Å². The number of hydrogen-bond acceptors (Lipinski definition) is 4. The van der Waals surface area contributed by atoms with Crippen molar-refractivity contribution in [2.45, 2.75) is 17.0 Å². The predicted octanol–water partition coefficient (Wildman–Crippen LogP) is 3.58. The van der Waals surface area contributed by atoms with E-state index in [1.807, 2.05) is 43.3 Å². The van der Waals surface area contributed by atoms with Crippen molar-refractivity contribution in [1.29, 1.82) is 0 Å². The van der Waals surface area contributed by atoms with E-state index < -0.39 is 0 Å². The molecule has 0 radical (unpaired) electrons. The highest BCUT2D eigenvalue weighted by Crippen LogP contribution is 2.34. The molecule has 15 heavy (non-hydrogen) atoms. The summed E-state index contributed by atoms with van der Waals surface area (Å²) in [6, 6.07) is 11.9. The summed E-state index contributed by atoms with van der Waals surface area (Å²) in [6.45, 7) is 2.00. The van der Waals surface area contributed by atoms with Crippen LogP contribution in [-0.2, 0) is 0 Å². The molecule has 0 spiro atoms. The van der Waals surface area contributed by atoms with Gasteiger partial charge in [-0.2, -0.15) is 0 Å². The minimum Gasteiger partial charge on any atom is -0.249 e. The molecule has 0 fully saturated rings. The standard InChI is InChI=1S/C11H10N2S2/c1-9-5-4-7-11(13-9)15-14-10-6-2-3-8-12-10/h2-8H,1H3. The van der Waals surface area contributed by atoms with Crippen LogP contribution in [0, 0.1) is 6.92 Å². The molecule has 0 saturated heterocycles.